The molecule has 0 bridgehead atoms. The number of ether oxygens (including phenoxy) is 5. The number of hydrogen-bond acceptors (Lipinski definition) is 22. The van der Waals surface area contributed by atoms with Gasteiger partial charge in [0.15, 0.2) is 0 Å². The Morgan fingerprint density at radius 1 is 0.537 bits per heavy atom. The number of likely N-dealkylation sites (tertiary alicyclic amines) is 1. The van der Waals surface area contributed by atoms with E-state index in [1.807, 2.05) is 131 Å². The van der Waals surface area contributed by atoms with E-state index in [0.717, 1.165) is 119 Å². The highest BCUT2D eigenvalue weighted by molar-refractivity contribution is 6.32. The van der Waals surface area contributed by atoms with Crippen LogP contribution >= 0.6 is 34.8 Å². The first-order valence-electron chi connectivity index (χ1n) is 36.8. The zero-order valence-corrected chi connectivity index (χ0v) is 64.8. The predicted octanol–water partition coefficient (Wildman–Crippen LogP) is 11.4. The lowest BCUT2D eigenvalue weighted by atomic mass is 10.0. The molecule has 4 saturated heterocycles. The van der Waals surface area contributed by atoms with E-state index >= 15 is 0 Å². The summed E-state index contributed by atoms with van der Waals surface area (Å²) in [6.07, 6.45) is 4.42. The van der Waals surface area contributed by atoms with Crippen LogP contribution in [0.25, 0.3) is 10.8 Å². The number of halogens is 3. The van der Waals surface area contributed by atoms with E-state index in [2.05, 4.69) is 64.5 Å². The molecule has 2 N–H and O–H groups in total. The molecular formula is C78H97Cl3N16O11. The molecule has 7 aromatic rings. The lowest BCUT2D eigenvalue weighted by Gasteiger charge is -2.38. The number of hydrogen-bond donors (Lipinski definition) is 2. The molecule has 7 aliphatic heterocycles. The maximum atomic E-state index is 12.5. The number of carbonyl (C=O) groups excluding carboxylic acids is 5. The number of piperazine rings is 3. The summed E-state index contributed by atoms with van der Waals surface area (Å²) in [4.78, 5) is 105. The van der Waals surface area contributed by atoms with Gasteiger partial charge >= 0.3 is 30.4 Å². The van der Waals surface area contributed by atoms with E-state index in [0.29, 0.717) is 134 Å². The van der Waals surface area contributed by atoms with Gasteiger partial charge in [0.25, 0.3) is 0 Å². The van der Waals surface area contributed by atoms with Crippen molar-refractivity contribution in [2.75, 3.05) is 133 Å². The summed E-state index contributed by atoms with van der Waals surface area (Å²) in [5, 5.41) is 16.4. The smallest absolute Gasteiger partial charge is 0.410 e. The Morgan fingerprint density at radius 3 is 1.59 bits per heavy atom. The molecule has 30 heteroatoms. The highest BCUT2D eigenvalue weighted by atomic mass is 35.5. The Hall–Kier alpha value is -9.54. The van der Waals surface area contributed by atoms with Crippen LogP contribution in [0.2, 0.25) is 15.7 Å². The number of phenolic OH excluding ortho intramolecular Hbond substituents is 1. The van der Waals surface area contributed by atoms with Gasteiger partial charge in [0, 0.05) is 138 Å². The number of amides is 5. The fourth-order valence-corrected chi connectivity index (χ4v) is 14.3. The van der Waals surface area contributed by atoms with Crippen LogP contribution in [0.4, 0.5) is 36.5 Å². The summed E-state index contributed by atoms with van der Waals surface area (Å²) in [5.41, 5.74) is 7.26. The van der Waals surface area contributed by atoms with Gasteiger partial charge in [-0.15, -0.1) is 0 Å². The highest BCUT2D eigenvalue weighted by Gasteiger charge is 2.35. The molecule has 3 aromatic heterocycles. The van der Waals surface area contributed by atoms with E-state index in [-0.39, 0.29) is 53.2 Å². The normalized spacial score (nSPS) is 17.3. The maximum Gasteiger partial charge on any atom is 0.410 e. The monoisotopic (exact) mass is 1540 g/mol. The van der Waals surface area contributed by atoms with Crippen LogP contribution in [0.3, 0.4) is 0 Å². The van der Waals surface area contributed by atoms with Gasteiger partial charge in [-0.3, -0.25) is 4.79 Å². The molecule has 108 heavy (non-hydrogen) atoms. The number of fused-ring (bicyclic) bond motifs is 4. The van der Waals surface area contributed by atoms with E-state index in [4.69, 9.17) is 68.5 Å². The van der Waals surface area contributed by atoms with Crippen molar-refractivity contribution in [2.45, 2.75) is 124 Å². The quantitative estimate of drug-likeness (QED) is 0.0527. The molecule has 0 radical (unpaired) electrons. The van der Waals surface area contributed by atoms with Crippen molar-refractivity contribution in [2.24, 2.45) is 0 Å². The van der Waals surface area contributed by atoms with Gasteiger partial charge in [0.1, 0.15) is 53.6 Å². The minimum atomic E-state index is -0.562. The minimum Gasteiger partial charge on any atom is -0.508 e. The van der Waals surface area contributed by atoms with E-state index in [1.165, 1.54) is 12.5 Å². The van der Waals surface area contributed by atoms with Crippen molar-refractivity contribution in [3.63, 3.8) is 0 Å². The van der Waals surface area contributed by atoms with Crippen molar-refractivity contribution < 1.29 is 52.8 Å². The van der Waals surface area contributed by atoms with Gasteiger partial charge in [0.05, 0.1) is 36.7 Å². The Bertz CT molecular complexity index is 4290. The van der Waals surface area contributed by atoms with Crippen LogP contribution in [0.1, 0.15) is 99.3 Å². The topological polar surface area (TPSA) is 270 Å². The molecule has 14 rings (SSSR count). The van der Waals surface area contributed by atoms with Crippen LogP contribution in [0, 0.1) is 0 Å². The average Bonchev–Trinajstić information content (AvgIpc) is 0.875. The summed E-state index contributed by atoms with van der Waals surface area (Å²) in [6, 6.07) is 31.9. The van der Waals surface area contributed by atoms with Crippen molar-refractivity contribution >= 4 is 93.2 Å². The van der Waals surface area contributed by atoms with E-state index in [1.54, 1.807) is 25.7 Å². The number of anilines is 3. The molecule has 10 heterocycles. The lowest BCUT2D eigenvalue weighted by molar-refractivity contribution is -0.126. The minimum absolute atomic E-state index is 0.0296. The number of phenols is 1. The Labute approximate surface area is 646 Å². The summed E-state index contributed by atoms with van der Waals surface area (Å²) < 4.78 is 27.8. The third-order valence-corrected chi connectivity index (χ3v) is 19.9. The summed E-state index contributed by atoms with van der Waals surface area (Å²) in [7, 11) is 2.14. The zero-order valence-electron chi connectivity index (χ0n) is 62.6. The summed E-state index contributed by atoms with van der Waals surface area (Å²) >= 11 is 18.0. The first kappa shape index (κ1) is 79.5. The third-order valence-electron chi connectivity index (χ3n) is 19.3. The highest BCUT2D eigenvalue weighted by Crippen LogP contribution is 2.38. The van der Waals surface area contributed by atoms with Crippen LogP contribution in [0.5, 0.6) is 11.8 Å². The summed E-state index contributed by atoms with van der Waals surface area (Å²) in [6.45, 7) is 28.1. The molecule has 4 aromatic carbocycles. The zero-order chi connectivity index (χ0) is 76.7. The number of nitrogens with zero attached hydrogens (tertiary/aromatic N) is 15. The van der Waals surface area contributed by atoms with E-state index < -0.39 is 11.2 Å². The maximum absolute atomic E-state index is 12.5. The van der Waals surface area contributed by atoms with Gasteiger partial charge in [0.2, 0.25) is 16.5 Å². The Kier molecular flexibility index (Phi) is 26.9. The molecule has 7 aliphatic rings. The van der Waals surface area contributed by atoms with Crippen molar-refractivity contribution in [3.8, 4) is 11.8 Å². The van der Waals surface area contributed by atoms with Gasteiger partial charge < -0.3 is 78.2 Å². The second kappa shape index (κ2) is 36.6. The van der Waals surface area contributed by atoms with Crippen molar-refractivity contribution in [1.29, 1.82) is 0 Å². The third kappa shape index (κ3) is 21.7. The second-order valence-electron chi connectivity index (χ2n) is 29.3. The number of nitrogens with one attached hydrogen (secondary N) is 1. The summed E-state index contributed by atoms with van der Waals surface area (Å²) in [5.74, 6) is 1.92. The number of aromatic nitrogens is 6. The molecule has 0 aliphatic carbocycles. The molecule has 0 saturated carbocycles. The number of carbonyl (C=O) groups is 5. The molecule has 0 spiro atoms. The van der Waals surface area contributed by atoms with Gasteiger partial charge in [-0.1, -0.05) is 103 Å². The molecule has 27 nitrogen and oxygen atoms in total. The SMILES string of the molecule is C=CC(=O)N1CCN(c2nc(OC[C@@H]3CCCN3C)nc3c2CCN(c2cc(O)cc4ccccc24)C3)CC1.CC(C)(C)OC(=O)N1CCc2c(Cl)nc(Cl)nc2C1.CC(C)(C)OC(=O)N1CCc2c(nc(Cl)nc2N2CCN(C(=O)OCc3ccccc3)CC2)C1.O=C(OCc1ccccc1)N1CCNCC1. The Balaban J connectivity index is 0.000000152. The standard InChI is InChI=1S/C30H36N6O3.C24H30ClN5O4.C12H15Cl2N3O2.C12H16N2O2/c1-3-28(38)34-13-15-35(16-14-34)29-25-10-12-36(27-18-23(37)17-21-7-4-5-9-24(21)27)19-26(25)31-30(32-29)39-20-22-8-6-11-33(22)2;1-24(2,3)34-23(32)30-10-9-18-19(15-30)26-21(25)27-20(18)28-11-13-29(14-12-28)22(31)33-16-17-7-5-4-6-8-17;1-12(2,3)19-11(18)17-5-4-7-8(6-17)15-10(14)16-9(7)13;15-12(14-8-6-13-7-9-14)16-10-11-4-2-1-3-5-11/h3-5,7,9,17-18,22,37H,1,6,8,10-16,19-20H2,2H3;4-8H,9-16H2,1-3H3;4-6H2,1-3H3;1-5,13H,6-10H2/t22-;;;/m0.../s1. The molecule has 1 atom stereocenters. The number of rotatable bonds is 11. The lowest BCUT2D eigenvalue weighted by Crippen LogP contribution is -2.50. The molecule has 0 unspecified atom stereocenters. The molecule has 576 valence electrons. The second-order valence-corrected chi connectivity index (χ2v) is 30.3. The van der Waals surface area contributed by atoms with Crippen LogP contribution < -0.4 is 24.8 Å². The number of benzene rings is 4. The van der Waals surface area contributed by atoms with Crippen LogP contribution in [0.15, 0.2) is 110 Å². The fraction of sp³-hybridized carbons (Fsp3) is 0.474. The largest absolute Gasteiger partial charge is 0.508 e. The first-order valence-corrected chi connectivity index (χ1v) is 37.9. The van der Waals surface area contributed by atoms with Crippen molar-refractivity contribution in [1.82, 2.24) is 64.6 Å². The Morgan fingerprint density at radius 2 is 1.04 bits per heavy atom. The van der Waals surface area contributed by atoms with Gasteiger partial charge in [-0.05, 0) is 139 Å². The number of likely N-dealkylation sites (N-methyl/N-ethyl adjacent to an activating group) is 1. The first-order chi connectivity index (χ1) is 51.8. The average molecular weight is 1540 g/mol. The van der Waals surface area contributed by atoms with Crippen molar-refractivity contribution in [3.05, 3.63) is 170 Å². The number of aromatic hydroxyl groups is 1. The fourth-order valence-electron chi connectivity index (χ4n) is 13.6. The predicted molar refractivity (Wildman–Crippen MR) is 414 cm³/mol. The van der Waals surface area contributed by atoms with Crippen LogP contribution in [-0.2, 0) is 75.9 Å². The van der Waals surface area contributed by atoms with Crippen LogP contribution in [-0.4, -0.2) is 230 Å². The van der Waals surface area contributed by atoms with E-state index in [9.17, 15) is 29.1 Å². The molecular weight excluding hydrogens is 1440 g/mol. The molecule has 5 amide bonds. The molecule has 4 fully saturated rings. The van der Waals surface area contributed by atoms with Gasteiger partial charge in [-0.25, -0.2) is 39.1 Å². The van der Waals surface area contributed by atoms with Gasteiger partial charge in [-0.2, -0.15) is 9.97 Å².